The average Bonchev–Trinajstić information content (AvgIpc) is 2.10. The summed E-state index contributed by atoms with van der Waals surface area (Å²) < 4.78 is 0. The van der Waals surface area contributed by atoms with Crippen LogP contribution in [0.2, 0.25) is 0 Å². The number of quaternary nitrogens is 1. The maximum atomic E-state index is 9.49. The highest BCUT2D eigenvalue weighted by Crippen LogP contribution is 2.35. The second-order valence-electron chi connectivity index (χ2n) is 3.70. The molecule has 0 radical (unpaired) electrons. The lowest BCUT2D eigenvalue weighted by molar-refractivity contribution is -1.21. The van der Waals surface area contributed by atoms with Gasteiger partial charge in [0.05, 0.1) is 0 Å². The first-order valence-electron chi connectivity index (χ1n) is 4.53. The Morgan fingerprint density at radius 1 is 1.21 bits per heavy atom. The van der Waals surface area contributed by atoms with Crippen LogP contribution in [0, 0.1) is 5.92 Å². The molecule has 0 amide bonds. The van der Waals surface area contributed by atoms with Crippen molar-refractivity contribution in [1.29, 1.82) is 0 Å². The van der Waals surface area contributed by atoms with Crippen molar-refractivity contribution in [3.05, 3.63) is 22.4 Å². The van der Waals surface area contributed by atoms with Crippen molar-refractivity contribution < 1.29 is 39.2 Å². The maximum absolute atomic E-state index is 9.49. The Morgan fingerprint density at radius 3 is 2.07 bits per heavy atom. The number of hydrogen-bond acceptors (Lipinski definition) is 2. The van der Waals surface area contributed by atoms with Crippen LogP contribution in [-0.2, 0) is 4.84 Å². The zero-order valence-corrected chi connectivity index (χ0v) is 11.5. The van der Waals surface area contributed by atoms with E-state index >= 15 is 0 Å². The number of halogens is 1. The van der Waals surface area contributed by atoms with Gasteiger partial charge in [0.25, 0.3) is 0 Å². The van der Waals surface area contributed by atoms with E-state index in [0.717, 1.165) is 11.3 Å². The van der Waals surface area contributed by atoms with Gasteiger partial charge in [0.15, 0.2) is 0 Å². The zero-order chi connectivity index (χ0) is 10.2. The van der Waals surface area contributed by atoms with Gasteiger partial charge < -0.3 is 24.0 Å². The lowest BCUT2D eigenvalue weighted by Gasteiger charge is -2.28. The number of hydrogen-bond donors (Lipinski definition) is 2. The molecule has 0 spiro atoms. The highest BCUT2D eigenvalue weighted by Gasteiger charge is 2.34. The summed E-state index contributed by atoms with van der Waals surface area (Å²) in [5.74, 6) is 0.441. The molecule has 1 aliphatic carbocycles. The molecule has 0 saturated heterocycles. The van der Waals surface area contributed by atoms with Crippen LogP contribution >= 0.6 is 0 Å². The molecule has 0 aromatic carbocycles. The summed E-state index contributed by atoms with van der Waals surface area (Å²) in [6.45, 7) is 8.32. The summed E-state index contributed by atoms with van der Waals surface area (Å²) in [6, 6.07) is 0. The van der Waals surface area contributed by atoms with Gasteiger partial charge in [-0.1, -0.05) is 13.8 Å². The maximum Gasteiger partial charge on any atom is 0.204 e. The molecule has 0 aromatic rings. The fraction of sp³-hybridized carbons (Fsp3) is 0.600. The van der Waals surface area contributed by atoms with Crippen molar-refractivity contribution in [1.82, 2.24) is 0 Å². The first kappa shape index (κ1) is 14.1. The average molecular weight is 311 g/mol. The highest BCUT2D eigenvalue weighted by atomic mass is 127. The normalized spacial score (nSPS) is 18.2. The van der Waals surface area contributed by atoms with Gasteiger partial charge >= 0.3 is 0 Å². The third-order valence-corrected chi connectivity index (χ3v) is 2.60. The number of rotatable bonds is 3. The van der Waals surface area contributed by atoms with Crippen molar-refractivity contribution in [2.24, 2.45) is 5.92 Å². The van der Waals surface area contributed by atoms with Crippen LogP contribution in [0.25, 0.3) is 0 Å². The largest absolute Gasteiger partial charge is 1.00 e. The second-order valence-corrected chi connectivity index (χ2v) is 3.70. The Balaban J connectivity index is 0.00000169. The molecule has 1 unspecified atom stereocenters. The summed E-state index contributed by atoms with van der Waals surface area (Å²) in [5.41, 5.74) is 4.54. The van der Waals surface area contributed by atoms with Crippen molar-refractivity contribution >= 4 is 0 Å². The molecule has 0 heterocycles. The van der Waals surface area contributed by atoms with Crippen LogP contribution in [-0.4, -0.2) is 12.3 Å². The Kier molecular flexibility index (Phi) is 5.28. The molecular formula is C10H18INO2. The fourth-order valence-corrected chi connectivity index (χ4v) is 1.82. The Hall–Kier alpha value is 0.0900. The third-order valence-electron chi connectivity index (χ3n) is 2.60. The highest BCUT2D eigenvalue weighted by molar-refractivity contribution is 5.54. The first-order chi connectivity index (χ1) is 6.00. The lowest BCUT2D eigenvalue weighted by atomic mass is 9.81. The van der Waals surface area contributed by atoms with Crippen molar-refractivity contribution in [3.63, 3.8) is 0 Å². The number of nitrogens with one attached hydrogen (secondary N) is 1. The van der Waals surface area contributed by atoms with Crippen molar-refractivity contribution in [2.75, 3.05) is 7.11 Å². The van der Waals surface area contributed by atoms with Gasteiger partial charge in [-0.05, 0) is 30.6 Å². The summed E-state index contributed by atoms with van der Waals surface area (Å²) >= 11 is 0. The summed E-state index contributed by atoms with van der Waals surface area (Å²) in [5, 5.41) is 9.54. The van der Waals surface area contributed by atoms with Crippen LogP contribution in [0.15, 0.2) is 22.4 Å². The van der Waals surface area contributed by atoms with Crippen molar-refractivity contribution in [2.45, 2.75) is 27.7 Å². The quantitative estimate of drug-likeness (QED) is 0.471. The van der Waals surface area contributed by atoms with Crippen molar-refractivity contribution in [3.8, 4) is 0 Å². The SMILES string of the molecule is CO[NH+](O)C1=C(C)C(C)=C1C(C)C.[I-]. The molecule has 4 heteroatoms. The molecule has 1 rings (SSSR count). The van der Waals surface area contributed by atoms with E-state index in [4.69, 9.17) is 4.84 Å². The van der Waals surface area contributed by atoms with Gasteiger partial charge in [-0.15, -0.1) is 0 Å². The van der Waals surface area contributed by atoms with Gasteiger partial charge in [0.1, 0.15) is 7.11 Å². The van der Waals surface area contributed by atoms with Crippen LogP contribution < -0.4 is 29.2 Å². The van der Waals surface area contributed by atoms with Gasteiger partial charge in [0, 0.05) is 11.1 Å². The molecule has 0 saturated carbocycles. The van der Waals surface area contributed by atoms with E-state index in [1.165, 1.54) is 18.3 Å². The Labute approximate surface area is 102 Å². The van der Waals surface area contributed by atoms with Gasteiger partial charge in [-0.25, -0.2) is 0 Å². The summed E-state index contributed by atoms with van der Waals surface area (Å²) in [6.07, 6.45) is 0. The lowest BCUT2D eigenvalue weighted by Crippen LogP contribution is -3.07. The van der Waals surface area contributed by atoms with Crippen LogP contribution in [0.4, 0.5) is 0 Å². The molecule has 14 heavy (non-hydrogen) atoms. The van der Waals surface area contributed by atoms with E-state index in [2.05, 4.69) is 20.8 Å². The van der Waals surface area contributed by atoms with Crippen LogP contribution in [0.3, 0.4) is 0 Å². The summed E-state index contributed by atoms with van der Waals surface area (Å²) in [7, 11) is 1.49. The molecule has 1 atom stereocenters. The number of hydroxylamine groups is 2. The van der Waals surface area contributed by atoms with Crippen LogP contribution in [0.1, 0.15) is 27.7 Å². The topological polar surface area (TPSA) is 33.9 Å². The molecule has 0 aromatic heterocycles. The van der Waals surface area contributed by atoms with E-state index < -0.39 is 0 Å². The van der Waals surface area contributed by atoms with Gasteiger partial charge in [-0.3, -0.25) is 0 Å². The minimum atomic E-state index is 0. The monoisotopic (exact) mass is 311 g/mol. The third kappa shape index (κ3) is 2.18. The van der Waals surface area contributed by atoms with Gasteiger partial charge in [0.2, 0.25) is 5.70 Å². The molecular weight excluding hydrogens is 293 g/mol. The predicted molar refractivity (Wildman–Crippen MR) is 50.0 cm³/mol. The second kappa shape index (κ2) is 5.25. The molecule has 0 aliphatic heterocycles. The van der Waals surface area contributed by atoms with Gasteiger partial charge in [-0.2, -0.15) is 10.0 Å². The Bertz CT molecular complexity index is 282. The van der Waals surface area contributed by atoms with E-state index in [-0.39, 0.29) is 29.2 Å². The summed E-state index contributed by atoms with van der Waals surface area (Å²) in [4.78, 5) is 4.83. The molecule has 82 valence electrons. The zero-order valence-electron chi connectivity index (χ0n) is 9.31. The van der Waals surface area contributed by atoms with E-state index in [1.54, 1.807) is 0 Å². The fourth-order valence-electron chi connectivity index (χ4n) is 1.82. The first-order valence-corrected chi connectivity index (χ1v) is 4.53. The van der Waals surface area contributed by atoms with Crippen LogP contribution in [0.5, 0.6) is 0 Å². The standard InChI is InChI=1S/C10H17NO2.HI/c1-6(2)9-7(3)8(4)10(9)11(12)13-5;/h6,12H,1-5H3;1H. The predicted octanol–water partition coefficient (Wildman–Crippen LogP) is -1.91. The number of allylic oxidation sites excluding steroid dienone is 3. The molecule has 3 nitrogen and oxygen atoms in total. The van der Waals surface area contributed by atoms with E-state index in [9.17, 15) is 5.21 Å². The molecule has 1 aliphatic rings. The van der Waals surface area contributed by atoms with E-state index in [0.29, 0.717) is 5.92 Å². The molecule has 2 N–H and O–H groups in total. The Morgan fingerprint density at radius 2 is 1.71 bits per heavy atom. The molecule has 0 bridgehead atoms. The minimum absolute atomic E-state index is 0. The minimum Gasteiger partial charge on any atom is -1.00 e. The van der Waals surface area contributed by atoms with E-state index in [1.807, 2.05) is 6.92 Å². The smallest absolute Gasteiger partial charge is 0.204 e. The molecule has 0 fully saturated rings.